The van der Waals surface area contributed by atoms with E-state index >= 15 is 0 Å². The summed E-state index contributed by atoms with van der Waals surface area (Å²) in [6.07, 6.45) is 1.17. The van der Waals surface area contributed by atoms with Crippen molar-refractivity contribution in [3.8, 4) is 17.1 Å². The summed E-state index contributed by atoms with van der Waals surface area (Å²) in [4.78, 5) is 28.6. The molecule has 0 saturated carbocycles. The molecule has 2 aliphatic heterocycles. The number of alkyl halides is 3. The Morgan fingerprint density at radius 1 is 1.17 bits per heavy atom. The Labute approximate surface area is 206 Å². The van der Waals surface area contributed by atoms with Crippen molar-refractivity contribution in [2.75, 3.05) is 18.4 Å². The number of anilines is 1. The molecular weight excluding hydrogens is 471 g/mol. The lowest BCUT2D eigenvalue weighted by molar-refractivity contribution is -0.274. The summed E-state index contributed by atoms with van der Waals surface area (Å²) in [6.45, 7) is 4.87. The van der Waals surface area contributed by atoms with Gasteiger partial charge in [0.2, 0.25) is 5.91 Å². The van der Waals surface area contributed by atoms with Crippen LogP contribution < -0.4 is 10.1 Å². The molecular formula is C26H26F3N5O2. The van der Waals surface area contributed by atoms with Gasteiger partial charge in [-0.3, -0.25) is 4.79 Å². The van der Waals surface area contributed by atoms with Gasteiger partial charge in [-0.05, 0) is 68.5 Å². The van der Waals surface area contributed by atoms with E-state index in [9.17, 15) is 18.0 Å². The highest BCUT2D eigenvalue weighted by molar-refractivity contribution is 5.84. The molecule has 1 saturated heterocycles. The average Bonchev–Trinajstić information content (AvgIpc) is 3.26. The van der Waals surface area contributed by atoms with Crippen molar-refractivity contribution < 1.29 is 22.7 Å². The van der Waals surface area contributed by atoms with Crippen molar-refractivity contribution >= 4 is 11.7 Å². The number of rotatable bonds is 4. The van der Waals surface area contributed by atoms with Crippen molar-refractivity contribution in [2.45, 2.75) is 50.9 Å². The third kappa shape index (κ3) is 4.84. The van der Waals surface area contributed by atoms with E-state index in [-0.39, 0.29) is 17.2 Å². The number of pyridine rings is 1. The van der Waals surface area contributed by atoms with Crippen LogP contribution in [-0.2, 0) is 11.2 Å². The zero-order valence-electron chi connectivity index (χ0n) is 20.0. The third-order valence-corrected chi connectivity index (χ3v) is 7.00. The van der Waals surface area contributed by atoms with Crippen molar-refractivity contribution in [1.29, 1.82) is 0 Å². The fourth-order valence-corrected chi connectivity index (χ4v) is 5.04. The number of fused-ring (bicyclic) bond motifs is 1. The molecule has 1 aromatic carbocycles. The van der Waals surface area contributed by atoms with Gasteiger partial charge in [0.15, 0.2) is 5.82 Å². The molecule has 10 heteroatoms. The van der Waals surface area contributed by atoms with E-state index in [4.69, 9.17) is 4.98 Å². The summed E-state index contributed by atoms with van der Waals surface area (Å²) < 4.78 is 41.2. The molecule has 4 heterocycles. The van der Waals surface area contributed by atoms with E-state index in [1.807, 2.05) is 11.8 Å². The van der Waals surface area contributed by atoms with Crippen LogP contribution in [0.3, 0.4) is 0 Å². The number of carbonyl (C=O) groups is 1. The maximum Gasteiger partial charge on any atom is 0.573 e. The molecule has 2 atom stereocenters. The molecule has 3 aromatic rings. The summed E-state index contributed by atoms with van der Waals surface area (Å²) in [5.74, 6) is 0.645. The van der Waals surface area contributed by atoms with Crippen molar-refractivity contribution in [3.05, 3.63) is 65.6 Å². The summed E-state index contributed by atoms with van der Waals surface area (Å²) in [5, 5.41) is 3.62. The number of nitrogens with one attached hydrogen (secondary N) is 1. The highest BCUT2D eigenvalue weighted by Gasteiger charge is 2.43. The first kappa shape index (κ1) is 24.0. The molecule has 188 valence electrons. The SMILES string of the molecule is Cc1nc2c(cc1-c1ncccn1)CC[C@@]1(CCN(C(=O)C(C)c3ccc(OC(F)(F)F)cc3)C1)N2. The fraction of sp³-hybridized carbons (Fsp3) is 0.385. The number of ether oxygens (including phenoxy) is 1. The van der Waals surface area contributed by atoms with Crippen LogP contribution in [0, 0.1) is 6.92 Å². The second-order valence-electron chi connectivity index (χ2n) is 9.46. The van der Waals surface area contributed by atoms with Gasteiger partial charge < -0.3 is 15.0 Å². The lowest BCUT2D eigenvalue weighted by Gasteiger charge is -2.36. The van der Waals surface area contributed by atoms with Crippen LogP contribution >= 0.6 is 0 Å². The number of hydrogen-bond donors (Lipinski definition) is 1. The number of benzene rings is 1. The van der Waals surface area contributed by atoms with Gasteiger partial charge in [0.1, 0.15) is 11.6 Å². The third-order valence-electron chi connectivity index (χ3n) is 7.00. The van der Waals surface area contributed by atoms with E-state index in [1.54, 1.807) is 25.4 Å². The number of hydrogen-bond acceptors (Lipinski definition) is 6. The lowest BCUT2D eigenvalue weighted by atomic mass is 9.86. The van der Waals surface area contributed by atoms with Crippen molar-refractivity contribution in [2.24, 2.45) is 0 Å². The van der Waals surface area contributed by atoms with Crippen LogP contribution in [0.4, 0.5) is 19.0 Å². The first-order chi connectivity index (χ1) is 17.1. The Hall–Kier alpha value is -3.69. The van der Waals surface area contributed by atoms with Gasteiger partial charge in [-0.25, -0.2) is 15.0 Å². The van der Waals surface area contributed by atoms with E-state index in [0.29, 0.717) is 24.5 Å². The number of aryl methyl sites for hydroxylation is 2. The number of carbonyl (C=O) groups excluding carboxylic acids is 1. The maximum absolute atomic E-state index is 13.2. The summed E-state index contributed by atoms with van der Waals surface area (Å²) in [7, 11) is 0. The number of aromatic nitrogens is 3. The van der Waals surface area contributed by atoms with Crippen LogP contribution in [-0.4, -0.2) is 50.7 Å². The summed E-state index contributed by atoms with van der Waals surface area (Å²) >= 11 is 0. The largest absolute Gasteiger partial charge is 0.573 e. The van der Waals surface area contributed by atoms with Crippen LogP contribution in [0.1, 0.15) is 42.5 Å². The average molecular weight is 498 g/mol. The second kappa shape index (κ2) is 9.07. The molecule has 1 spiro atoms. The number of halogens is 3. The van der Waals surface area contributed by atoms with Crippen LogP contribution in [0.5, 0.6) is 5.75 Å². The first-order valence-electron chi connectivity index (χ1n) is 11.8. The fourth-order valence-electron chi connectivity index (χ4n) is 5.04. The van der Waals surface area contributed by atoms with E-state index in [0.717, 1.165) is 41.9 Å². The smallest absolute Gasteiger partial charge is 0.406 e. The van der Waals surface area contributed by atoms with Gasteiger partial charge in [-0.1, -0.05) is 12.1 Å². The normalized spacial score (nSPS) is 20.1. The van der Waals surface area contributed by atoms with Crippen molar-refractivity contribution in [1.82, 2.24) is 19.9 Å². The van der Waals surface area contributed by atoms with E-state index < -0.39 is 12.3 Å². The minimum Gasteiger partial charge on any atom is -0.406 e. The van der Waals surface area contributed by atoms with Gasteiger partial charge in [-0.15, -0.1) is 13.2 Å². The van der Waals surface area contributed by atoms with Crippen LogP contribution in [0.25, 0.3) is 11.4 Å². The molecule has 0 aliphatic carbocycles. The van der Waals surface area contributed by atoms with Crippen LogP contribution in [0.2, 0.25) is 0 Å². The van der Waals surface area contributed by atoms with Gasteiger partial charge in [-0.2, -0.15) is 0 Å². The van der Waals surface area contributed by atoms with Crippen molar-refractivity contribution in [3.63, 3.8) is 0 Å². The number of likely N-dealkylation sites (tertiary alicyclic amines) is 1. The molecule has 1 amide bonds. The minimum absolute atomic E-state index is 0.0512. The Kier molecular flexibility index (Phi) is 6.05. The Balaban J connectivity index is 1.27. The summed E-state index contributed by atoms with van der Waals surface area (Å²) in [6, 6.07) is 9.36. The molecule has 5 rings (SSSR count). The second-order valence-corrected chi connectivity index (χ2v) is 9.46. The van der Waals surface area contributed by atoms with E-state index in [2.05, 4.69) is 26.1 Å². The van der Waals surface area contributed by atoms with Crippen LogP contribution in [0.15, 0.2) is 48.8 Å². The predicted molar refractivity (Wildman–Crippen MR) is 127 cm³/mol. The topological polar surface area (TPSA) is 80.2 Å². The molecule has 0 radical (unpaired) electrons. The first-order valence-corrected chi connectivity index (χ1v) is 11.8. The molecule has 1 fully saturated rings. The zero-order chi connectivity index (χ0) is 25.5. The maximum atomic E-state index is 13.2. The van der Waals surface area contributed by atoms with Gasteiger partial charge in [0.25, 0.3) is 0 Å². The molecule has 2 aromatic heterocycles. The van der Waals surface area contributed by atoms with Gasteiger partial charge in [0, 0.05) is 31.0 Å². The van der Waals surface area contributed by atoms with E-state index in [1.165, 1.54) is 24.3 Å². The molecule has 2 aliphatic rings. The Morgan fingerprint density at radius 3 is 2.58 bits per heavy atom. The molecule has 1 N–H and O–H groups in total. The Morgan fingerprint density at radius 2 is 1.89 bits per heavy atom. The molecule has 1 unspecified atom stereocenters. The number of amides is 1. The zero-order valence-corrected chi connectivity index (χ0v) is 20.0. The number of nitrogens with zero attached hydrogens (tertiary/aromatic N) is 4. The minimum atomic E-state index is -4.75. The lowest BCUT2D eigenvalue weighted by Crippen LogP contribution is -2.46. The standard InChI is InChI=1S/C26H26F3N5O2/c1-16(18-4-6-20(7-5-18)36-26(27,28)29)24(35)34-13-10-25(15-34)9-8-19-14-21(17(2)32-22(19)33-25)23-30-11-3-12-31-23/h3-7,11-12,14,16H,8-10,13,15H2,1-2H3,(H,32,33)/t16?,25-/m0/s1. The summed E-state index contributed by atoms with van der Waals surface area (Å²) in [5.41, 5.74) is 3.24. The van der Waals surface area contributed by atoms with Gasteiger partial charge in [0.05, 0.1) is 17.2 Å². The van der Waals surface area contributed by atoms with Gasteiger partial charge >= 0.3 is 6.36 Å². The molecule has 7 nitrogen and oxygen atoms in total. The highest BCUT2D eigenvalue weighted by atomic mass is 19.4. The molecule has 36 heavy (non-hydrogen) atoms. The quantitative estimate of drug-likeness (QED) is 0.554. The highest BCUT2D eigenvalue weighted by Crippen LogP contribution is 2.38. The monoisotopic (exact) mass is 497 g/mol. The predicted octanol–water partition coefficient (Wildman–Crippen LogP) is 4.88. The molecule has 0 bridgehead atoms. The Bertz CT molecular complexity index is 1270.